The van der Waals surface area contributed by atoms with E-state index in [0.717, 1.165) is 17.5 Å². The fourth-order valence-corrected chi connectivity index (χ4v) is 4.36. The number of halogens is 3. The summed E-state index contributed by atoms with van der Waals surface area (Å²) in [6.45, 7) is 0.745. The molecule has 156 valence electrons. The lowest BCUT2D eigenvalue weighted by atomic mass is 10.0. The molecule has 1 aromatic heterocycles. The molecule has 3 aromatic rings. The number of aromatic nitrogens is 1. The van der Waals surface area contributed by atoms with Gasteiger partial charge in [0.05, 0.1) is 28.4 Å². The molecule has 0 saturated carbocycles. The summed E-state index contributed by atoms with van der Waals surface area (Å²) < 4.78 is 47.7. The first-order valence-corrected chi connectivity index (χ1v) is 10.4. The Morgan fingerprint density at radius 3 is 2.57 bits per heavy atom. The third kappa shape index (κ3) is 4.55. The lowest BCUT2D eigenvalue weighted by molar-refractivity contribution is -0.115. The van der Waals surface area contributed by atoms with Gasteiger partial charge in [-0.15, -0.1) is 0 Å². The average molecular weight is 432 g/mol. The molecule has 0 N–H and O–H groups in total. The third-order valence-electron chi connectivity index (χ3n) is 4.85. The molecule has 30 heavy (non-hydrogen) atoms. The van der Waals surface area contributed by atoms with Gasteiger partial charge in [-0.1, -0.05) is 53.8 Å². The molecule has 0 radical (unpaired) electrons. The minimum absolute atomic E-state index is 0.0558. The van der Waals surface area contributed by atoms with Crippen molar-refractivity contribution in [3.8, 4) is 0 Å². The van der Waals surface area contributed by atoms with E-state index in [0.29, 0.717) is 23.3 Å². The molecular weight excluding hydrogens is 413 g/mol. The van der Waals surface area contributed by atoms with Crippen LogP contribution < -0.4 is 4.90 Å². The molecule has 8 heteroatoms. The Hall–Kier alpha value is -2.71. The van der Waals surface area contributed by atoms with Gasteiger partial charge in [0.2, 0.25) is 0 Å². The monoisotopic (exact) mass is 432 g/mol. The second kappa shape index (κ2) is 8.57. The number of hydrogen-bond acceptors (Lipinski definition) is 4. The number of hydrogen-bond donors (Lipinski definition) is 0. The summed E-state index contributed by atoms with van der Waals surface area (Å²) in [6, 6.07) is 14.7. The smallest absolute Gasteiger partial charge is 0.376 e. The molecule has 4 nitrogen and oxygen atoms in total. The molecule has 2 heterocycles. The van der Waals surface area contributed by atoms with Gasteiger partial charge >= 0.3 is 6.18 Å². The van der Waals surface area contributed by atoms with Gasteiger partial charge in [0, 0.05) is 12.7 Å². The fourth-order valence-electron chi connectivity index (χ4n) is 3.38. The Morgan fingerprint density at radius 1 is 1.17 bits per heavy atom. The maximum absolute atomic E-state index is 13.7. The summed E-state index contributed by atoms with van der Waals surface area (Å²) in [6.07, 6.45) is -2.61. The molecule has 1 fully saturated rings. The molecule has 1 aliphatic rings. The van der Waals surface area contributed by atoms with Crippen molar-refractivity contribution in [2.75, 3.05) is 18.1 Å². The molecule has 4 rings (SSSR count). The summed E-state index contributed by atoms with van der Waals surface area (Å²) in [7, 11) is 0. The summed E-state index contributed by atoms with van der Waals surface area (Å²) in [4.78, 5) is 18.9. The number of amides is 1. The van der Waals surface area contributed by atoms with Crippen molar-refractivity contribution in [2.24, 2.45) is 0 Å². The van der Waals surface area contributed by atoms with E-state index in [9.17, 15) is 18.0 Å². The minimum Gasteiger partial charge on any atom is -0.376 e. The Balaban J connectivity index is 1.73. The molecular formula is C22H19F3N2O2S. The van der Waals surface area contributed by atoms with Crippen molar-refractivity contribution in [1.82, 2.24) is 4.98 Å². The Labute approximate surface area is 175 Å². The Morgan fingerprint density at radius 2 is 1.90 bits per heavy atom. The van der Waals surface area contributed by atoms with E-state index < -0.39 is 17.7 Å². The van der Waals surface area contributed by atoms with E-state index in [1.165, 1.54) is 40.5 Å². The van der Waals surface area contributed by atoms with Crippen molar-refractivity contribution in [2.45, 2.75) is 25.1 Å². The fraction of sp³-hybridized carbons (Fsp3) is 0.273. The second-order valence-electron chi connectivity index (χ2n) is 6.97. The van der Waals surface area contributed by atoms with Gasteiger partial charge in [0.1, 0.15) is 0 Å². The maximum Gasteiger partial charge on any atom is 0.417 e. The molecule has 0 spiro atoms. The summed E-state index contributed by atoms with van der Waals surface area (Å²) in [5.41, 5.74) is -0.336. The van der Waals surface area contributed by atoms with Crippen LogP contribution in [0.25, 0.3) is 15.8 Å². The van der Waals surface area contributed by atoms with Crippen LogP contribution in [0, 0.1) is 0 Å². The lowest BCUT2D eigenvalue weighted by Gasteiger charge is -2.22. The van der Waals surface area contributed by atoms with Crippen LogP contribution in [-0.4, -0.2) is 36.3 Å². The number of rotatable bonds is 5. The standard InChI is InChI=1S/C22H19F3N2O2S/c23-22(24,25)17(15-7-2-1-3-8-15)13-20(28)27(14-16-9-6-12-29-16)21-26-18-10-4-5-11-19(18)30-21/h1-5,7-8,10-11,13,16H,6,9,12,14H2/b17-13+. The number of carbonyl (C=O) groups is 1. The van der Waals surface area contributed by atoms with Gasteiger partial charge in [-0.05, 0) is 30.5 Å². The van der Waals surface area contributed by atoms with Crippen LogP contribution in [0.5, 0.6) is 0 Å². The van der Waals surface area contributed by atoms with Gasteiger partial charge in [0.25, 0.3) is 5.91 Å². The highest BCUT2D eigenvalue weighted by atomic mass is 32.1. The highest BCUT2D eigenvalue weighted by Crippen LogP contribution is 2.35. The summed E-state index contributed by atoms with van der Waals surface area (Å²) in [5, 5.41) is 0.363. The van der Waals surface area contributed by atoms with Crippen LogP contribution in [0.15, 0.2) is 60.7 Å². The third-order valence-corrected chi connectivity index (χ3v) is 5.91. The van der Waals surface area contributed by atoms with Crippen molar-refractivity contribution >= 4 is 38.2 Å². The molecule has 1 saturated heterocycles. The highest BCUT2D eigenvalue weighted by molar-refractivity contribution is 7.22. The largest absolute Gasteiger partial charge is 0.417 e. The number of ether oxygens (including phenoxy) is 1. The van der Waals surface area contributed by atoms with E-state index in [1.54, 1.807) is 6.07 Å². The minimum atomic E-state index is -4.67. The lowest BCUT2D eigenvalue weighted by Crippen LogP contribution is -2.37. The number of para-hydroxylation sites is 1. The van der Waals surface area contributed by atoms with Crippen molar-refractivity contribution in [3.05, 3.63) is 66.2 Å². The molecule has 1 amide bonds. The van der Waals surface area contributed by atoms with Gasteiger partial charge in [-0.3, -0.25) is 9.69 Å². The molecule has 0 bridgehead atoms. The van der Waals surface area contributed by atoms with Gasteiger partial charge in [0.15, 0.2) is 5.13 Å². The normalized spacial score (nSPS) is 17.4. The number of alkyl halides is 3. The van der Waals surface area contributed by atoms with Crippen LogP contribution >= 0.6 is 11.3 Å². The zero-order valence-corrected chi connectivity index (χ0v) is 16.7. The quantitative estimate of drug-likeness (QED) is 0.503. The first-order chi connectivity index (χ1) is 14.4. The number of allylic oxidation sites excluding steroid dienone is 1. The zero-order valence-electron chi connectivity index (χ0n) is 15.9. The number of thiazole rings is 1. The zero-order chi connectivity index (χ0) is 21.1. The van der Waals surface area contributed by atoms with Crippen molar-refractivity contribution in [3.63, 3.8) is 0 Å². The van der Waals surface area contributed by atoms with Crippen LogP contribution in [-0.2, 0) is 9.53 Å². The highest BCUT2D eigenvalue weighted by Gasteiger charge is 2.36. The molecule has 1 aliphatic heterocycles. The van der Waals surface area contributed by atoms with E-state index >= 15 is 0 Å². The van der Waals surface area contributed by atoms with Crippen LogP contribution in [0.1, 0.15) is 18.4 Å². The second-order valence-corrected chi connectivity index (χ2v) is 7.98. The van der Waals surface area contributed by atoms with Crippen LogP contribution in [0.2, 0.25) is 0 Å². The van der Waals surface area contributed by atoms with Crippen LogP contribution in [0.3, 0.4) is 0 Å². The predicted octanol–water partition coefficient (Wildman–Crippen LogP) is 5.45. The number of fused-ring (bicyclic) bond motifs is 1. The number of anilines is 1. The van der Waals surface area contributed by atoms with E-state index in [4.69, 9.17) is 4.74 Å². The Kier molecular flexibility index (Phi) is 5.87. The summed E-state index contributed by atoms with van der Waals surface area (Å²) in [5.74, 6) is -0.763. The SMILES string of the molecule is O=C(/C=C(\c1ccccc1)C(F)(F)F)N(CC1CCCO1)c1nc2ccccc2s1. The average Bonchev–Trinajstić information content (AvgIpc) is 3.39. The number of carbonyl (C=O) groups excluding carboxylic acids is 1. The van der Waals surface area contributed by atoms with Gasteiger partial charge < -0.3 is 4.74 Å². The first-order valence-electron chi connectivity index (χ1n) is 9.55. The van der Waals surface area contributed by atoms with E-state index in [-0.39, 0.29) is 18.2 Å². The molecule has 0 aliphatic carbocycles. The molecule has 1 atom stereocenters. The topological polar surface area (TPSA) is 42.4 Å². The maximum atomic E-state index is 13.7. The van der Waals surface area contributed by atoms with Crippen molar-refractivity contribution in [1.29, 1.82) is 0 Å². The van der Waals surface area contributed by atoms with Crippen molar-refractivity contribution < 1.29 is 22.7 Å². The Bertz CT molecular complexity index is 1020. The first kappa shape index (κ1) is 20.6. The van der Waals surface area contributed by atoms with E-state index in [1.807, 2.05) is 24.3 Å². The van der Waals surface area contributed by atoms with Crippen LogP contribution in [0.4, 0.5) is 18.3 Å². The van der Waals surface area contributed by atoms with Gasteiger partial charge in [-0.25, -0.2) is 4.98 Å². The van der Waals surface area contributed by atoms with E-state index in [2.05, 4.69) is 4.98 Å². The number of nitrogens with zero attached hydrogens (tertiary/aromatic N) is 2. The molecule has 2 aromatic carbocycles. The summed E-state index contributed by atoms with van der Waals surface area (Å²) >= 11 is 1.28. The van der Waals surface area contributed by atoms with Gasteiger partial charge in [-0.2, -0.15) is 13.2 Å². The molecule has 1 unspecified atom stereocenters. The predicted molar refractivity (Wildman–Crippen MR) is 111 cm³/mol. The number of benzene rings is 2.